The summed E-state index contributed by atoms with van der Waals surface area (Å²) in [5, 5.41) is 3.78. The molecule has 110 valence electrons. The molecule has 2 aromatic rings. The molecule has 1 aliphatic carbocycles. The second-order valence-corrected chi connectivity index (χ2v) is 6.13. The van der Waals surface area contributed by atoms with Crippen LogP contribution in [0.4, 0.5) is 4.39 Å². The molecule has 0 saturated carbocycles. The van der Waals surface area contributed by atoms with E-state index in [2.05, 4.69) is 23.5 Å². The third kappa shape index (κ3) is 2.70. The van der Waals surface area contributed by atoms with Gasteiger partial charge in [-0.3, -0.25) is 0 Å². The SMILES string of the molecule is CNC(c1ccc2c(c1)CCC2)c1cc(C)c(F)cc1Cl. The zero-order valence-electron chi connectivity index (χ0n) is 12.3. The van der Waals surface area contributed by atoms with E-state index in [0.717, 1.165) is 12.0 Å². The molecule has 0 saturated heterocycles. The Hall–Kier alpha value is -1.38. The maximum atomic E-state index is 13.6. The highest BCUT2D eigenvalue weighted by Gasteiger charge is 2.19. The van der Waals surface area contributed by atoms with Gasteiger partial charge in [-0.25, -0.2) is 4.39 Å². The van der Waals surface area contributed by atoms with Crippen LogP contribution in [0, 0.1) is 12.7 Å². The summed E-state index contributed by atoms with van der Waals surface area (Å²) >= 11 is 6.26. The van der Waals surface area contributed by atoms with Gasteiger partial charge in [0, 0.05) is 5.02 Å². The van der Waals surface area contributed by atoms with E-state index in [4.69, 9.17) is 11.6 Å². The first kappa shape index (κ1) is 14.6. The minimum Gasteiger partial charge on any atom is -0.309 e. The molecule has 3 rings (SSSR count). The van der Waals surface area contributed by atoms with Gasteiger partial charge in [-0.2, -0.15) is 0 Å². The molecule has 0 aromatic heterocycles. The molecule has 0 fully saturated rings. The Morgan fingerprint density at radius 1 is 1.14 bits per heavy atom. The van der Waals surface area contributed by atoms with Crippen molar-refractivity contribution in [3.8, 4) is 0 Å². The van der Waals surface area contributed by atoms with Crippen molar-refractivity contribution in [1.82, 2.24) is 5.32 Å². The first-order valence-electron chi connectivity index (χ1n) is 7.34. The van der Waals surface area contributed by atoms with Gasteiger partial charge < -0.3 is 5.32 Å². The minimum absolute atomic E-state index is 0.0114. The average Bonchev–Trinajstić information content (AvgIpc) is 2.92. The molecule has 1 N–H and O–H groups in total. The highest BCUT2D eigenvalue weighted by atomic mass is 35.5. The molecule has 0 radical (unpaired) electrons. The molecule has 0 heterocycles. The van der Waals surface area contributed by atoms with Crippen molar-refractivity contribution in [3.63, 3.8) is 0 Å². The summed E-state index contributed by atoms with van der Waals surface area (Å²) in [5.41, 5.74) is 5.62. The van der Waals surface area contributed by atoms with E-state index in [9.17, 15) is 4.39 Å². The smallest absolute Gasteiger partial charge is 0.127 e. The summed E-state index contributed by atoms with van der Waals surface area (Å²) in [4.78, 5) is 0. The maximum absolute atomic E-state index is 13.6. The van der Waals surface area contributed by atoms with Crippen LogP contribution in [0.2, 0.25) is 5.02 Å². The number of aryl methyl sites for hydroxylation is 3. The fraction of sp³-hybridized carbons (Fsp3) is 0.333. The molecule has 1 atom stereocenters. The van der Waals surface area contributed by atoms with Crippen LogP contribution in [0.3, 0.4) is 0 Å². The number of hydrogen-bond donors (Lipinski definition) is 1. The zero-order chi connectivity index (χ0) is 15.0. The lowest BCUT2D eigenvalue weighted by atomic mass is 9.94. The molecule has 3 heteroatoms. The van der Waals surface area contributed by atoms with Gasteiger partial charge in [-0.1, -0.05) is 29.8 Å². The zero-order valence-corrected chi connectivity index (χ0v) is 13.1. The Balaban J connectivity index is 2.04. The van der Waals surface area contributed by atoms with Gasteiger partial charge in [-0.15, -0.1) is 0 Å². The van der Waals surface area contributed by atoms with Crippen LogP contribution in [0.25, 0.3) is 0 Å². The topological polar surface area (TPSA) is 12.0 Å². The number of fused-ring (bicyclic) bond motifs is 1. The second-order valence-electron chi connectivity index (χ2n) is 5.73. The number of nitrogens with one attached hydrogen (secondary N) is 1. The lowest BCUT2D eigenvalue weighted by Crippen LogP contribution is -2.18. The Labute approximate surface area is 130 Å². The highest BCUT2D eigenvalue weighted by molar-refractivity contribution is 6.31. The summed E-state index contributed by atoms with van der Waals surface area (Å²) in [6.45, 7) is 1.77. The van der Waals surface area contributed by atoms with E-state index in [0.29, 0.717) is 10.6 Å². The van der Waals surface area contributed by atoms with Gasteiger partial charge in [0.25, 0.3) is 0 Å². The van der Waals surface area contributed by atoms with Crippen LogP contribution in [0.1, 0.15) is 40.3 Å². The summed E-state index contributed by atoms with van der Waals surface area (Å²) in [5.74, 6) is -0.257. The van der Waals surface area contributed by atoms with Crippen LogP contribution >= 0.6 is 11.6 Å². The highest BCUT2D eigenvalue weighted by Crippen LogP contribution is 2.32. The maximum Gasteiger partial charge on any atom is 0.127 e. The molecule has 0 spiro atoms. The second kappa shape index (κ2) is 5.78. The lowest BCUT2D eigenvalue weighted by molar-refractivity contribution is 0.614. The average molecular weight is 304 g/mol. The van der Waals surface area contributed by atoms with Crippen LogP contribution < -0.4 is 5.32 Å². The van der Waals surface area contributed by atoms with Crippen molar-refractivity contribution in [2.45, 2.75) is 32.2 Å². The molecule has 1 nitrogen and oxygen atoms in total. The van der Waals surface area contributed by atoms with Gasteiger partial charge in [0.1, 0.15) is 5.82 Å². The van der Waals surface area contributed by atoms with Crippen molar-refractivity contribution in [2.75, 3.05) is 7.05 Å². The Morgan fingerprint density at radius 3 is 2.67 bits per heavy atom. The van der Waals surface area contributed by atoms with Gasteiger partial charge in [0.15, 0.2) is 0 Å². The minimum atomic E-state index is -0.257. The third-order valence-corrected chi connectivity index (χ3v) is 4.66. The van der Waals surface area contributed by atoms with Crippen LogP contribution in [0.15, 0.2) is 30.3 Å². The van der Waals surface area contributed by atoms with E-state index >= 15 is 0 Å². The standard InChI is InChI=1S/C18H19ClFN/c1-11-8-15(16(19)10-17(11)20)18(21-2)14-7-6-12-4-3-5-13(12)9-14/h6-10,18,21H,3-5H2,1-2H3. The molecule has 1 unspecified atom stereocenters. The third-order valence-electron chi connectivity index (χ3n) is 4.33. The molecule has 0 amide bonds. The van der Waals surface area contributed by atoms with Crippen molar-refractivity contribution >= 4 is 11.6 Å². The monoisotopic (exact) mass is 303 g/mol. The summed E-state index contributed by atoms with van der Waals surface area (Å²) in [6, 6.07) is 9.86. The molecule has 21 heavy (non-hydrogen) atoms. The number of rotatable bonds is 3. The molecule has 0 aliphatic heterocycles. The normalized spacial score (nSPS) is 15.0. The first-order chi connectivity index (χ1) is 10.1. The van der Waals surface area contributed by atoms with Crippen LogP contribution in [0.5, 0.6) is 0 Å². The van der Waals surface area contributed by atoms with E-state index in [1.165, 1.54) is 35.6 Å². The molecular weight excluding hydrogens is 285 g/mol. The fourth-order valence-electron chi connectivity index (χ4n) is 3.17. The summed E-state index contributed by atoms with van der Waals surface area (Å²) in [6.07, 6.45) is 3.56. The number of hydrogen-bond acceptors (Lipinski definition) is 1. The van der Waals surface area contributed by atoms with Crippen LogP contribution in [-0.2, 0) is 12.8 Å². The Morgan fingerprint density at radius 2 is 1.90 bits per heavy atom. The first-order valence-corrected chi connectivity index (χ1v) is 7.72. The van der Waals surface area contributed by atoms with E-state index in [1.54, 1.807) is 6.92 Å². The molecule has 2 aromatic carbocycles. The molecule has 0 bridgehead atoms. The fourth-order valence-corrected chi connectivity index (χ4v) is 3.43. The van der Waals surface area contributed by atoms with Gasteiger partial charge in [0.2, 0.25) is 0 Å². The van der Waals surface area contributed by atoms with Crippen molar-refractivity contribution in [3.05, 3.63) is 69.0 Å². The van der Waals surface area contributed by atoms with Crippen molar-refractivity contribution in [2.24, 2.45) is 0 Å². The van der Waals surface area contributed by atoms with E-state index < -0.39 is 0 Å². The quantitative estimate of drug-likeness (QED) is 0.875. The largest absolute Gasteiger partial charge is 0.309 e. The van der Waals surface area contributed by atoms with Crippen molar-refractivity contribution < 1.29 is 4.39 Å². The van der Waals surface area contributed by atoms with Gasteiger partial charge >= 0.3 is 0 Å². The molecular formula is C18H19ClFN. The number of halogens is 2. The Bertz CT molecular complexity index is 681. The van der Waals surface area contributed by atoms with Gasteiger partial charge in [0.05, 0.1) is 6.04 Å². The predicted molar refractivity (Wildman–Crippen MR) is 85.5 cm³/mol. The lowest BCUT2D eigenvalue weighted by Gasteiger charge is -2.20. The van der Waals surface area contributed by atoms with Crippen molar-refractivity contribution in [1.29, 1.82) is 0 Å². The van der Waals surface area contributed by atoms with E-state index in [1.807, 2.05) is 13.1 Å². The molecule has 1 aliphatic rings. The van der Waals surface area contributed by atoms with Crippen LogP contribution in [-0.4, -0.2) is 7.05 Å². The predicted octanol–water partition coefficient (Wildman–Crippen LogP) is 4.59. The van der Waals surface area contributed by atoms with E-state index in [-0.39, 0.29) is 11.9 Å². The summed E-state index contributed by atoms with van der Waals surface area (Å²) < 4.78 is 13.6. The summed E-state index contributed by atoms with van der Waals surface area (Å²) in [7, 11) is 1.91. The van der Waals surface area contributed by atoms with Gasteiger partial charge in [-0.05, 0) is 73.2 Å². The Kier molecular flexibility index (Phi) is 4.01. The number of benzene rings is 2.